The summed E-state index contributed by atoms with van der Waals surface area (Å²) in [6, 6.07) is 30.3. The van der Waals surface area contributed by atoms with Crippen molar-refractivity contribution in [2.24, 2.45) is 5.73 Å². The largest absolute Gasteiger partial charge is 0.438 e. The Morgan fingerprint density at radius 1 is 0.811 bits per heavy atom. The van der Waals surface area contributed by atoms with Gasteiger partial charge in [0, 0.05) is 41.9 Å². The first-order valence-electron chi connectivity index (χ1n) is 11.7. The fraction of sp³-hybridized carbons (Fsp3) is 0.0333. The molecule has 0 spiro atoms. The van der Waals surface area contributed by atoms with E-state index in [9.17, 15) is 0 Å². The van der Waals surface area contributed by atoms with Gasteiger partial charge in [-0.3, -0.25) is 0 Å². The van der Waals surface area contributed by atoms with Gasteiger partial charge in [0.1, 0.15) is 5.75 Å². The van der Waals surface area contributed by atoms with Gasteiger partial charge in [-0.15, -0.1) is 12.4 Å². The normalized spacial score (nSPS) is 10.7. The predicted octanol–water partition coefficient (Wildman–Crippen LogP) is 6.82. The quantitative estimate of drug-likeness (QED) is 0.268. The average Bonchev–Trinajstić information content (AvgIpc) is 3.49. The van der Waals surface area contributed by atoms with Crippen LogP contribution in [0, 0.1) is 0 Å². The summed E-state index contributed by atoms with van der Waals surface area (Å²) in [5, 5.41) is 0.845. The Labute approximate surface area is 220 Å². The van der Waals surface area contributed by atoms with Crippen LogP contribution >= 0.6 is 12.4 Å². The molecule has 0 aliphatic carbocycles. The molecule has 0 atom stereocenters. The van der Waals surface area contributed by atoms with E-state index in [0.29, 0.717) is 18.2 Å². The molecule has 0 amide bonds. The van der Waals surface area contributed by atoms with Gasteiger partial charge in [-0.05, 0) is 47.5 Å². The Morgan fingerprint density at radius 3 is 2.30 bits per heavy atom. The molecule has 0 fully saturated rings. The van der Waals surface area contributed by atoms with Crippen molar-refractivity contribution in [3.05, 3.63) is 121 Å². The highest BCUT2D eigenvalue weighted by Crippen LogP contribution is 2.36. The van der Waals surface area contributed by atoms with Crippen LogP contribution in [0.25, 0.3) is 39.0 Å². The van der Waals surface area contributed by atoms with Crippen LogP contribution in [0.2, 0.25) is 0 Å². The fourth-order valence-corrected chi connectivity index (χ4v) is 4.22. The summed E-state index contributed by atoms with van der Waals surface area (Å²) in [6.45, 7) is 0.507. The summed E-state index contributed by atoms with van der Waals surface area (Å²) in [4.78, 5) is 13.7. The van der Waals surface area contributed by atoms with Crippen LogP contribution in [-0.4, -0.2) is 19.5 Å². The topological polar surface area (TPSA) is 78.9 Å². The summed E-state index contributed by atoms with van der Waals surface area (Å²) in [6.07, 6.45) is 7.15. The zero-order chi connectivity index (χ0) is 24.3. The molecule has 0 saturated heterocycles. The molecular formula is C30H24ClN5O. The Balaban J connectivity index is 0.00000280. The fourth-order valence-electron chi connectivity index (χ4n) is 4.22. The molecule has 0 bridgehead atoms. The molecule has 0 aliphatic rings. The van der Waals surface area contributed by atoms with Gasteiger partial charge >= 0.3 is 0 Å². The lowest BCUT2D eigenvalue weighted by atomic mass is 9.97. The molecule has 182 valence electrons. The van der Waals surface area contributed by atoms with E-state index in [4.69, 9.17) is 15.5 Å². The number of rotatable bonds is 6. The van der Waals surface area contributed by atoms with Crippen LogP contribution in [0.5, 0.6) is 11.6 Å². The maximum atomic E-state index is 6.24. The number of pyridine rings is 2. The molecule has 6 nitrogen and oxygen atoms in total. The second-order valence-electron chi connectivity index (χ2n) is 8.40. The number of nitrogens with two attached hydrogens (primary N) is 1. The standard InChI is InChI=1S/C30H23N5O.ClH/c31-19-21-6-8-23(9-7-21)29-26(22-4-2-1-3-5-22)18-27-28(34-29)14-15-33-30(27)36-25-12-10-24(11-13-25)35-17-16-32-20-35;/h1-18,20H,19,31H2;1H. The van der Waals surface area contributed by atoms with Crippen molar-refractivity contribution in [2.45, 2.75) is 6.54 Å². The first-order valence-corrected chi connectivity index (χ1v) is 11.7. The zero-order valence-electron chi connectivity index (χ0n) is 19.9. The van der Waals surface area contributed by atoms with Crippen LogP contribution in [0.15, 0.2) is 116 Å². The number of benzene rings is 3. The van der Waals surface area contributed by atoms with Crippen LogP contribution in [0.1, 0.15) is 5.56 Å². The summed E-state index contributed by atoms with van der Waals surface area (Å²) in [5.74, 6) is 1.21. The van der Waals surface area contributed by atoms with E-state index >= 15 is 0 Å². The highest BCUT2D eigenvalue weighted by molar-refractivity contribution is 5.94. The monoisotopic (exact) mass is 505 g/mol. The zero-order valence-corrected chi connectivity index (χ0v) is 20.7. The minimum absolute atomic E-state index is 0. The van der Waals surface area contributed by atoms with Gasteiger partial charge in [-0.25, -0.2) is 15.0 Å². The first kappa shape index (κ1) is 24.2. The van der Waals surface area contributed by atoms with E-state index in [1.807, 2.05) is 71.4 Å². The van der Waals surface area contributed by atoms with Crippen molar-refractivity contribution in [3.8, 4) is 39.7 Å². The lowest BCUT2D eigenvalue weighted by molar-refractivity contribution is 0.469. The van der Waals surface area contributed by atoms with Crippen molar-refractivity contribution >= 4 is 23.3 Å². The molecule has 3 aromatic carbocycles. The van der Waals surface area contributed by atoms with Crippen LogP contribution in [-0.2, 0) is 6.54 Å². The smallest absolute Gasteiger partial charge is 0.228 e. The van der Waals surface area contributed by atoms with Gasteiger partial charge in [0.2, 0.25) is 5.88 Å². The number of ether oxygens (including phenoxy) is 1. The number of halogens is 1. The third kappa shape index (κ3) is 4.93. The highest BCUT2D eigenvalue weighted by atomic mass is 35.5. The number of hydrogen-bond acceptors (Lipinski definition) is 5. The molecule has 2 N–H and O–H groups in total. The molecule has 0 radical (unpaired) electrons. The van der Waals surface area contributed by atoms with Gasteiger partial charge in [0.05, 0.1) is 22.9 Å². The van der Waals surface area contributed by atoms with Gasteiger partial charge in [-0.1, -0.05) is 54.6 Å². The van der Waals surface area contributed by atoms with Crippen molar-refractivity contribution in [3.63, 3.8) is 0 Å². The van der Waals surface area contributed by atoms with Gasteiger partial charge in [0.15, 0.2) is 0 Å². The van der Waals surface area contributed by atoms with Crippen LogP contribution in [0.4, 0.5) is 0 Å². The lowest BCUT2D eigenvalue weighted by Crippen LogP contribution is -1.97. The minimum atomic E-state index is 0. The summed E-state index contributed by atoms with van der Waals surface area (Å²) in [7, 11) is 0. The lowest BCUT2D eigenvalue weighted by Gasteiger charge is -2.14. The SMILES string of the molecule is Cl.NCc1ccc(-c2nc3ccnc(Oc4ccc(-n5ccnc5)cc4)c3cc2-c2ccccc2)cc1. The Kier molecular flexibility index (Phi) is 6.94. The molecule has 6 rings (SSSR count). The molecule has 0 unspecified atom stereocenters. The van der Waals surface area contributed by atoms with E-state index in [1.54, 1.807) is 18.7 Å². The second kappa shape index (κ2) is 10.6. The highest BCUT2D eigenvalue weighted by Gasteiger charge is 2.15. The van der Waals surface area contributed by atoms with Gasteiger partial charge in [-0.2, -0.15) is 0 Å². The third-order valence-corrected chi connectivity index (χ3v) is 6.11. The van der Waals surface area contributed by atoms with E-state index in [1.165, 1.54) is 0 Å². The minimum Gasteiger partial charge on any atom is -0.438 e. The molecule has 0 saturated carbocycles. The Morgan fingerprint density at radius 2 is 1.59 bits per heavy atom. The van der Waals surface area contributed by atoms with Crippen LogP contribution in [0.3, 0.4) is 0 Å². The predicted molar refractivity (Wildman–Crippen MR) is 149 cm³/mol. The van der Waals surface area contributed by atoms with E-state index in [-0.39, 0.29) is 12.4 Å². The number of fused-ring (bicyclic) bond motifs is 1. The van der Waals surface area contributed by atoms with Crippen molar-refractivity contribution < 1.29 is 4.74 Å². The second-order valence-corrected chi connectivity index (χ2v) is 8.40. The summed E-state index contributed by atoms with van der Waals surface area (Å²) >= 11 is 0. The van der Waals surface area contributed by atoms with E-state index in [2.05, 4.69) is 40.3 Å². The molecule has 37 heavy (non-hydrogen) atoms. The first-order chi connectivity index (χ1) is 17.8. The number of nitrogens with zero attached hydrogens (tertiary/aromatic N) is 4. The van der Waals surface area contributed by atoms with Gasteiger partial charge < -0.3 is 15.0 Å². The molecule has 6 aromatic rings. The van der Waals surface area contributed by atoms with E-state index < -0.39 is 0 Å². The number of aromatic nitrogens is 4. The average molecular weight is 506 g/mol. The molecular weight excluding hydrogens is 482 g/mol. The van der Waals surface area contributed by atoms with E-state index in [0.717, 1.165) is 44.5 Å². The van der Waals surface area contributed by atoms with Crippen molar-refractivity contribution in [1.82, 2.24) is 19.5 Å². The Hall–Kier alpha value is -4.52. The molecule has 0 aliphatic heterocycles. The molecule has 3 aromatic heterocycles. The third-order valence-electron chi connectivity index (χ3n) is 6.11. The molecule has 7 heteroatoms. The van der Waals surface area contributed by atoms with Crippen molar-refractivity contribution in [1.29, 1.82) is 0 Å². The molecule has 3 heterocycles. The maximum absolute atomic E-state index is 6.24. The van der Waals surface area contributed by atoms with Crippen molar-refractivity contribution in [2.75, 3.05) is 0 Å². The Bertz CT molecular complexity index is 1620. The number of hydrogen-bond donors (Lipinski definition) is 1. The summed E-state index contributed by atoms with van der Waals surface area (Å²) in [5.41, 5.74) is 12.7. The van der Waals surface area contributed by atoms with Gasteiger partial charge in [0.25, 0.3) is 0 Å². The maximum Gasteiger partial charge on any atom is 0.228 e. The van der Waals surface area contributed by atoms with Crippen LogP contribution < -0.4 is 10.5 Å². The number of imidazole rings is 1. The summed E-state index contributed by atoms with van der Waals surface area (Å²) < 4.78 is 8.18.